The summed E-state index contributed by atoms with van der Waals surface area (Å²) in [6.45, 7) is 0.666. The number of rotatable bonds is 11. The number of esters is 1. The number of carbonyl (C=O) groups is 3. The highest BCUT2D eigenvalue weighted by molar-refractivity contribution is 7.80. The molecule has 0 aliphatic heterocycles. The van der Waals surface area contributed by atoms with Crippen LogP contribution in [0.3, 0.4) is 0 Å². The van der Waals surface area contributed by atoms with Crippen LogP contribution in [0.15, 0.2) is 29.6 Å². The maximum absolute atomic E-state index is 12.5. The number of amides is 2. The van der Waals surface area contributed by atoms with Crippen molar-refractivity contribution in [2.24, 2.45) is 0 Å². The molecule has 1 heterocycles. The number of benzene rings is 1. The minimum atomic E-state index is -0.917. The maximum atomic E-state index is 12.5. The number of hydrogen-bond donors (Lipinski definition) is 3. The minimum absolute atomic E-state index is 0.0558. The highest BCUT2D eigenvalue weighted by Gasteiger charge is 2.22. The Bertz CT molecular complexity index is 856. The SMILES string of the molecule is COCCOc1ccc(-c2nc(C(=O)NC(CS)C(=O)NCC(=O)OC)cs2)cc1. The number of nitrogens with one attached hydrogen (secondary N) is 2. The molecule has 162 valence electrons. The summed E-state index contributed by atoms with van der Waals surface area (Å²) in [5.41, 5.74) is 1.02. The molecule has 0 fully saturated rings. The number of ether oxygens (including phenoxy) is 3. The Hall–Kier alpha value is -2.63. The second-order valence-electron chi connectivity index (χ2n) is 5.91. The van der Waals surface area contributed by atoms with Crippen molar-refractivity contribution < 1.29 is 28.6 Å². The van der Waals surface area contributed by atoms with Crippen molar-refractivity contribution >= 4 is 41.7 Å². The molecule has 0 spiro atoms. The van der Waals surface area contributed by atoms with E-state index in [4.69, 9.17) is 9.47 Å². The Kier molecular flexibility index (Phi) is 9.58. The smallest absolute Gasteiger partial charge is 0.325 e. The molecule has 1 aromatic heterocycles. The van der Waals surface area contributed by atoms with Crippen LogP contribution >= 0.6 is 24.0 Å². The van der Waals surface area contributed by atoms with Gasteiger partial charge in [0.2, 0.25) is 5.91 Å². The Labute approximate surface area is 183 Å². The lowest BCUT2D eigenvalue weighted by molar-refractivity contribution is -0.141. The van der Waals surface area contributed by atoms with E-state index in [2.05, 4.69) is 33.0 Å². The molecule has 11 heteroatoms. The summed E-state index contributed by atoms with van der Waals surface area (Å²) in [4.78, 5) is 40.0. The van der Waals surface area contributed by atoms with E-state index in [0.29, 0.717) is 24.0 Å². The van der Waals surface area contributed by atoms with Crippen LogP contribution in [0.2, 0.25) is 0 Å². The van der Waals surface area contributed by atoms with Crippen molar-refractivity contribution in [1.82, 2.24) is 15.6 Å². The molecular formula is C19H23N3O6S2. The maximum Gasteiger partial charge on any atom is 0.325 e. The molecule has 1 atom stereocenters. The second-order valence-corrected chi connectivity index (χ2v) is 7.13. The Morgan fingerprint density at radius 1 is 1.17 bits per heavy atom. The number of aromatic nitrogens is 1. The minimum Gasteiger partial charge on any atom is -0.491 e. The first kappa shape index (κ1) is 23.6. The molecule has 2 rings (SSSR count). The van der Waals surface area contributed by atoms with E-state index in [0.717, 1.165) is 5.56 Å². The fraction of sp³-hybridized carbons (Fsp3) is 0.368. The molecule has 0 saturated carbocycles. The van der Waals surface area contributed by atoms with Crippen molar-refractivity contribution in [2.45, 2.75) is 6.04 Å². The van der Waals surface area contributed by atoms with Crippen molar-refractivity contribution in [3.8, 4) is 16.3 Å². The van der Waals surface area contributed by atoms with Crippen LogP contribution in [0.25, 0.3) is 10.6 Å². The average molecular weight is 454 g/mol. The van der Waals surface area contributed by atoms with Gasteiger partial charge in [-0.05, 0) is 24.3 Å². The van der Waals surface area contributed by atoms with Crippen LogP contribution in [0.4, 0.5) is 0 Å². The van der Waals surface area contributed by atoms with E-state index in [-0.39, 0.29) is 18.0 Å². The first-order chi connectivity index (χ1) is 14.5. The third-order valence-corrected chi connectivity index (χ3v) is 5.09. The fourth-order valence-corrected chi connectivity index (χ4v) is 3.29. The van der Waals surface area contributed by atoms with Crippen molar-refractivity contribution in [1.29, 1.82) is 0 Å². The van der Waals surface area contributed by atoms with Gasteiger partial charge in [-0.3, -0.25) is 14.4 Å². The lowest BCUT2D eigenvalue weighted by atomic mass is 10.2. The summed E-state index contributed by atoms with van der Waals surface area (Å²) in [5, 5.41) is 7.20. The molecule has 0 saturated heterocycles. The summed E-state index contributed by atoms with van der Waals surface area (Å²) in [5.74, 6) is -0.875. The monoisotopic (exact) mass is 453 g/mol. The quantitative estimate of drug-likeness (QED) is 0.266. The van der Waals surface area contributed by atoms with E-state index >= 15 is 0 Å². The molecule has 1 unspecified atom stereocenters. The van der Waals surface area contributed by atoms with Gasteiger partial charge in [0.05, 0.1) is 13.7 Å². The van der Waals surface area contributed by atoms with Crippen LogP contribution in [-0.4, -0.2) is 68.5 Å². The molecule has 0 aliphatic rings. The number of carbonyl (C=O) groups excluding carboxylic acids is 3. The molecule has 9 nitrogen and oxygen atoms in total. The summed E-state index contributed by atoms with van der Waals surface area (Å²) in [6.07, 6.45) is 0. The zero-order valence-electron chi connectivity index (χ0n) is 16.5. The molecule has 2 aromatic rings. The Balaban J connectivity index is 1.96. The van der Waals surface area contributed by atoms with Crippen LogP contribution in [0, 0.1) is 0 Å². The van der Waals surface area contributed by atoms with Crippen molar-refractivity contribution in [2.75, 3.05) is 39.7 Å². The number of hydrogen-bond acceptors (Lipinski definition) is 9. The fourth-order valence-electron chi connectivity index (χ4n) is 2.23. The van der Waals surface area contributed by atoms with Gasteiger partial charge in [0.25, 0.3) is 5.91 Å². The van der Waals surface area contributed by atoms with Gasteiger partial charge >= 0.3 is 5.97 Å². The third-order valence-electron chi connectivity index (χ3n) is 3.83. The molecule has 2 N–H and O–H groups in total. The summed E-state index contributed by atoms with van der Waals surface area (Å²) >= 11 is 5.39. The van der Waals surface area contributed by atoms with Crippen LogP contribution < -0.4 is 15.4 Å². The van der Waals surface area contributed by atoms with Crippen LogP contribution in [0.5, 0.6) is 5.75 Å². The molecule has 30 heavy (non-hydrogen) atoms. The zero-order valence-corrected chi connectivity index (χ0v) is 18.3. The topological polar surface area (TPSA) is 116 Å². The van der Waals surface area contributed by atoms with E-state index in [9.17, 15) is 14.4 Å². The van der Waals surface area contributed by atoms with E-state index in [1.54, 1.807) is 12.5 Å². The van der Waals surface area contributed by atoms with Crippen LogP contribution in [-0.2, 0) is 19.1 Å². The zero-order chi connectivity index (χ0) is 21.9. The second kappa shape index (κ2) is 12.2. The lowest BCUT2D eigenvalue weighted by Crippen LogP contribution is -2.49. The molecule has 2 amide bonds. The van der Waals surface area contributed by atoms with Crippen molar-refractivity contribution in [3.05, 3.63) is 35.3 Å². The van der Waals surface area contributed by atoms with Gasteiger partial charge in [0.1, 0.15) is 35.6 Å². The Morgan fingerprint density at radius 2 is 1.90 bits per heavy atom. The number of thiazole rings is 1. The standard InChI is InChI=1S/C19H23N3O6S2/c1-26-7-8-28-13-5-3-12(4-6-13)19-22-15(11-30-19)18(25)21-14(10-29)17(24)20-9-16(23)27-2/h3-6,11,14,29H,7-10H2,1-2H3,(H,20,24)(H,21,25). The summed E-state index contributed by atoms with van der Waals surface area (Å²) < 4.78 is 14.9. The van der Waals surface area contributed by atoms with Crippen molar-refractivity contribution in [3.63, 3.8) is 0 Å². The Morgan fingerprint density at radius 3 is 2.53 bits per heavy atom. The highest BCUT2D eigenvalue weighted by Crippen LogP contribution is 2.25. The first-order valence-corrected chi connectivity index (χ1v) is 10.4. The molecule has 0 radical (unpaired) electrons. The van der Waals surface area contributed by atoms with Gasteiger partial charge in [-0.25, -0.2) is 4.98 Å². The van der Waals surface area contributed by atoms with Gasteiger partial charge in [-0.15, -0.1) is 11.3 Å². The van der Waals surface area contributed by atoms with Gasteiger partial charge < -0.3 is 24.8 Å². The number of methoxy groups -OCH3 is 2. The first-order valence-electron chi connectivity index (χ1n) is 8.92. The highest BCUT2D eigenvalue weighted by atomic mass is 32.1. The van der Waals surface area contributed by atoms with Gasteiger partial charge in [-0.2, -0.15) is 12.6 Å². The lowest BCUT2D eigenvalue weighted by Gasteiger charge is -2.15. The predicted molar refractivity (Wildman–Crippen MR) is 115 cm³/mol. The van der Waals surface area contributed by atoms with E-state index in [1.807, 2.05) is 24.3 Å². The molecule has 1 aromatic carbocycles. The summed E-state index contributed by atoms with van der Waals surface area (Å²) in [6, 6.07) is 6.40. The van der Waals surface area contributed by atoms with E-state index in [1.165, 1.54) is 18.4 Å². The normalized spacial score (nSPS) is 11.4. The molecule has 0 bridgehead atoms. The van der Waals surface area contributed by atoms with E-state index < -0.39 is 23.8 Å². The molecule has 0 aliphatic carbocycles. The van der Waals surface area contributed by atoms with Gasteiger partial charge in [-0.1, -0.05) is 0 Å². The predicted octanol–water partition coefficient (Wildman–Crippen LogP) is 1.15. The summed E-state index contributed by atoms with van der Waals surface area (Å²) in [7, 11) is 2.82. The third kappa shape index (κ3) is 7.01. The van der Waals surface area contributed by atoms with Crippen LogP contribution in [0.1, 0.15) is 10.5 Å². The number of thiol groups is 1. The average Bonchev–Trinajstić information content (AvgIpc) is 3.26. The van der Waals surface area contributed by atoms with Gasteiger partial charge in [0, 0.05) is 23.8 Å². The molecular weight excluding hydrogens is 430 g/mol. The van der Waals surface area contributed by atoms with Gasteiger partial charge in [0.15, 0.2) is 0 Å². The number of nitrogens with zero attached hydrogens (tertiary/aromatic N) is 1. The largest absolute Gasteiger partial charge is 0.491 e.